The second-order valence-corrected chi connectivity index (χ2v) is 6.14. The van der Waals surface area contributed by atoms with Gasteiger partial charge in [0.25, 0.3) is 0 Å². The second-order valence-electron chi connectivity index (χ2n) is 6.14. The van der Waals surface area contributed by atoms with Crippen molar-refractivity contribution in [3.05, 3.63) is 0 Å². The van der Waals surface area contributed by atoms with Crippen molar-refractivity contribution in [2.75, 3.05) is 34.2 Å². The maximum atomic E-state index is 12.1. The smallest absolute Gasteiger partial charge is 0.225 e. The molecule has 3 nitrogen and oxygen atoms in total. The lowest BCUT2D eigenvalue weighted by Gasteiger charge is -2.22. The van der Waals surface area contributed by atoms with Crippen molar-refractivity contribution in [3.63, 3.8) is 0 Å². The van der Waals surface area contributed by atoms with Crippen LogP contribution >= 0.6 is 0 Å². The molecule has 0 aliphatic heterocycles. The number of nitrogens with zero attached hydrogens (tertiary/aromatic N) is 2. The van der Waals surface area contributed by atoms with Gasteiger partial charge in [-0.1, -0.05) is 27.2 Å². The molecule has 0 N–H and O–H groups in total. The minimum absolute atomic E-state index is 0.171. The van der Waals surface area contributed by atoms with Crippen LogP contribution in [0.1, 0.15) is 46.5 Å². The molecule has 0 saturated heterocycles. The zero-order valence-corrected chi connectivity index (χ0v) is 13.2. The van der Waals surface area contributed by atoms with Crippen molar-refractivity contribution in [1.29, 1.82) is 0 Å². The zero-order valence-electron chi connectivity index (χ0n) is 13.2. The summed E-state index contributed by atoms with van der Waals surface area (Å²) in [7, 11) is 6.11. The number of hydrogen-bond donors (Lipinski definition) is 0. The first-order valence-electron chi connectivity index (χ1n) is 7.24. The quantitative estimate of drug-likeness (QED) is 0.592. The van der Waals surface area contributed by atoms with Crippen LogP contribution in [-0.2, 0) is 4.79 Å². The van der Waals surface area contributed by atoms with Gasteiger partial charge in [0.2, 0.25) is 5.91 Å². The summed E-state index contributed by atoms with van der Waals surface area (Å²) in [6.07, 6.45) is 4.43. The number of carbonyl (C=O) groups excluding carboxylic acids is 1. The minimum atomic E-state index is 0.171. The Bertz CT molecular complexity index is 227. The van der Waals surface area contributed by atoms with E-state index in [1.165, 1.54) is 6.42 Å². The first kappa shape index (κ1) is 17.4. The SMILES string of the molecule is CC(C)CCN(C)C(=O)C(C)CCCCN(C)C. The summed E-state index contributed by atoms with van der Waals surface area (Å²) in [6, 6.07) is 0. The molecule has 18 heavy (non-hydrogen) atoms. The van der Waals surface area contributed by atoms with E-state index in [1.807, 2.05) is 11.9 Å². The molecule has 0 radical (unpaired) electrons. The molecule has 0 aliphatic rings. The van der Waals surface area contributed by atoms with Gasteiger partial charge in [-0.05, 0) is 45.8 Å². The second kappa shape index (κ2) is 9.37. The van der Waals surface area contributed by atoms with E-state index in [2.05, 4.69) is 39.8 Å². The largest absolute Gasteiger partial charge is 0.346 e. The fourth-order valence-electron chi connectivity index (χ4n) is 1.94. The molecule has 1 amide bonds. The van der Waals surface area contributed by atoms with Gasteiger partial charge in [0.05, 0.1) is 0 Å². The third-order valence-corrected chi connectivity index (χ3v) is 3.33. The standard InChI is InChI=1S/C15H32N2O/c1-13(2)10-12-17(6)15(18)14(3)9-7-8-11-16(4)5/h13-14H,7-12H2,1-6H3. The van der Waals surface area contributed by atoms with Crippen molar-refractivity contribution in [2.45, 2.75) is 46.5 Å². The van der Waals surface area contributed by atoms with Crippen LogP contribution in [0, 0.1) is 11.8 Å². The van der Waals surface area contributed by atoms with Crippen LogP contribution in [0.15, 0.2) is 0 Å². The van der Waals surface area contributed by atoms with E-state index in [1.54, 1.807) is 0 Å². The maximum absolute atomic E-state index is 12.1. The number of rotatable bonds is 9. The van der Waals surface area contributed by atoms with Crippen LogP contribution in [0.2, 0.25) is 0 Å². The molecular formula is C15H32N2O. The Hall–Kier alpha value is -0.570. The van der Waals surface area contributed by atoms with Crippen LogP contribution in [-0.4, -0.2) is 49.9 Å². The molecular weight excluding hydrogens is 224 g/mol. The van der Waals surface area contributed by atoms with Gasteiger partial charge in [-0.2, -0.15) is 0 Å². The van der Waals surface area contributed by atoms with Crippen molar-refractivity contribution in [3.8, 4) is 0 Å². The molecule has 0 aromatic rings. The molecule has 0 rings (SSSR count). The third kappa shape index (κ3) is 8.51. The van der Waals surface area contributed by atoms with Crippen LogP contribution in [0.5, 0.6) is 0 Å². The minimum Gasteiger partial charge on any atom is -0.346 e. The van der Waals surface area contributed by atoms with E-state index in [0.29, 0.717) is 11.8 Å². The molecule has 0 bridgehead atoms. The first-order valence-corrected chi connectivity index (χ1v) is 7.24. The lowest BCUT2D eigenvalue weighted by Crippen LogP contribution is -2.33. The number of hydrogen-bond acceptors (Lipinski definition) is 2. The van der Waals surface area contributed by atoms with Crippen molar-refractivity contribution in [1.82, 2.24) is 9.80 Å². The Labute approximate surface area is 114 Å². The number of unbranched alkanes of at least 4 members (excludes halogenated alkanes) is 1. The lowest BCUT2D eigenvalue weighted by molar-refractivity contribution is -0.134. The summed E-state index contributed by atoms with van der Waals surface area (Å²) in [5, 5.41) is 0. The van der Waals surface area contributed by atoms with Crippen LogP contribution in [0.3, 0.4) is 0 Å². The Morgan fingerprint density at radius 1 is 0.944 bits per heavy atom. The van der Waals surface area contributed by atoms with E-state index in [0.717, 1.165) is 32.4 Å². The van der Waals surface area contributed by atoms with Crippen LogP contribution < -0.4 is 0 Å². The average molecular weight is 256 g/mol. The zero-order chi connectivity index (χ0) is 14.1. The van der Waals surface area contributed by atoms with Gasteiger partial charge in [-0.3, -0.25) is 4.79 Å². The van der Waals surface area contributed by atoms with E-state index < -0.39 is 0 Å². The van der Waals surface area contributed by atoms with Gasteiger partial charge in [0.15, 0.2) is 0 Å². The van der Waals surface area contributed by atoms with Gasteiger partial charge in [-0.15, -0.1) is 0 Å². The normalized spacial score (nSPS) is 13.1. The maximum Gasteiger partial charge on any atom is 0.225 e. The van der Waals surface area contributed by atoms with Crippen LogP contribution in [0.4, 0.5) is 0 Å². The predicted octanol–water partition coefficient (Wildman–Crippen LogP) is 2.86. The van der Waals surface area contributed by atoms with Gasteiger partial charge in [0.1, 0.15) is 0 Å². The summed E-state index contributed by atoms with van der Waals surface area (Å²) in [5.41, 5.74) is 0. The predicted molar refractivity (Wildman–Crippen MR) is 78.7 cm³/mol. The molecule has 0 fully saturated rings. The molecule has 0 heterocycles. The van der Waals surface area contributed by atoms with Crippen molar-refractivity contribution < 1.29 is 4.79 Å². The molecule has 108 valence electrons. The Morgan fingerprint density at radius 2 is 1.56 bits per heavy atom. The van der Waals surface area contributed by atoms with Gasteiger partial charge < -0.3 is 9.80 Å². The van der Waals surface area contributed by atoms with Gasteiger partial charge >= 0.3 is 0 Å². The highest BCUT2D eigenvalue weighted by Gasteiger charge is 2.16. The highest BCUT2D eigenvalue weighted by molar-refractivity contribution is 5.78. The Kier molecular flexibility index (Phi) is 9.08. The molecule has 0 aliphatic carbocycles. The molecule has 3 heteroatoms. The summed E-state index contributed by atoms with van der Waals surface area (Å²) >= 11 is 0. The lowest BCUT2D eigenvalue weighted by atomic mass is 10.0. The highest BCUT2D eigenvalue weighted by atomic mass is 16.2. The van der Waals surface area contributed by atoms with E-state index in [9.17, 15) is 4.79 Å². The monoisotopic (exact) mass is 256 g/mol. The summed E-state index contributed by atoms with van der Waals surface area (Å²) < 4.78 is 0. The van der Waals surface area contributed by atoms with Crippen LogP contribution in [0.25, 0.3) is 0 Å². The van der Waals surface area contributed by atoms with E-state index in [4.69, 9.17) is 0 Å². The van der Waals surface area contributed by atoms with E-state index in [-0.39, 0.29) is 5.92 Å². The molecule has 0 saturated carbocycles. The first-order chi connectivity index (χ1) is 8.34. The summed E-state index contributed by atoms with van der Waals surface area (Å²) in [5.74, 6) is 1.14. The Balaban J connectivity index is 3.80. The molecule has 0 aromatic carbocycles. The van der Waals surface area contributed by atoms with Gasteiger partial charge in [-0.25, -0.2) is 0 Å². The molecule has 0 aromatic heterocycles. The van der Waals surface area contributed by atoms with Crippen molar-refractivity contribution >= 4 is 5.91 Å². The van der Waals surface area contributed by atoms with E-state index >= 15 is 0 Å². The van der Waals surface area contributed by atoms with Crippen molar-refractivity contribution in [2.24, 2.45) is 11.8 Å². The third-order valence-electron chi connectivity index (χ3n) is 3.33. The summed E-state index contributed by atoms with van der Waals surface area (Å²) in [6.45, 7) is 8.46. The highest BCUT2D eigenvalue weighted by Crippen LogP contribution is 2.12. The molecule has 0 spiro atoms. The molecule has 1 atom stereocenters. The fourth-order valence-corrected chi connectivity index (χ4v) is 1.94. The van der Waals surface area contributed by atoms with Gasteiger partial charge in [0, 0.05) is 19.5 Å². The number of carbonyl (C=O) groups is 1. The molecule has 1 unspecified atom stereocenters. The number of amides is 1. The topological polar surface area (TPSA) is 23.6 Å². The summed E-state index contributed by atoms with van der Waals surface area (Å²) in [4.78, 5) is 16.2. The average Bonchev–Trinajstić information content (AvgIpc) is 2.29. The Morgan fingerprint density at radius 3 is 2.06 bits per heavy atom. The fraction of sp³-hybridized carbons (Fsp3) is 0.933.